The Bertz CT molecular complexity index is 435. The van der Waals surface area contributed by atoms with Gasteiger partial charge in [0, 0.05) is 12.6 Å². The second-order valence-electron chi connectivity index (χ2n) is 4.65. The van der Waals surface area contributed by atoms with Crippen LogP contribution in [0.1, 0.15) is 25.8 Å². The Labute approximate surface area is 120 Å². The summed E-state index contributed by atoms with van der Waals surface area (Å²) in [4.78, 5) is 11.6. The molecule has 0 saturated carbocycles. The molecule has 0 fully saturated rings. The summed E-state index contributed by atoms with van der Waals surface area (Å²) in [7, 11) is 3.22. The molecule has 2 amide bonds. The highest BCUT2D eigenvalue weighted by Crippen LogP contribution is 2.27. The van der Waals surface area contributed by atoms with Gasteiger partial charge in [-0.05, 0) is 37.5 Å². The molecule has 0 aliphatic rings. The van der Waals surface area contributed by atoms with E-state index in [0.29, 0.717) is 18.0 Å². The molecule has 1 aromatic carbocycles. The molecule has 0 radical (unpaired) electrons. The predicted octanol–water partition coefficient (Wildman–Crippen LogP) is 2.34. The predicted molar refractivity (Wildman–Crippen MR) is 79.5 cm³/mol. The minimum atomic E-state index is -0.125. The molecule has 1 atom stereocenters. The largest absolute Gasteiger partial charge is 0.493 e. The number of carbonyl (C=O) groups is 1. The van der Waals surface area contributed by atoms with E-state index in [1.54, 1.807) is 14.2 Å². The summed E-state index contributed by atoms with van der Waals surface area (Å²) in [5.41, 5.74) is 1.09. The topological polar surface area (TPSA) is 59.6 Å². The molecule has 0 aliphatic carbocycles. The lowest BCUT2D eigenvalue weighted by atomic mass is 10.1. The second kappa shape index (κ2) is 8.30. The van der Waals surface area contributed by atoms with Crippen LogP contribution in [-0.2, 0) is 6.42 Å². The number of hydrogen-bond acceptors (Lipinski definition) is 3. The number of hydrogen-bond donors (Lipinski definition) is 2. The van der Waals surface area contributed by atoms with Crippen molar-refractivity contribution in [3.63, 3.8) is 0 Å². The minimum absolute atomic E-state index is 0.125. The third-order valence-electron chi connectivity index (χ3n) is 3.14. The van der Waals surface area contributed by atoms with Crippen LogP contribution in [0.3, 0.4) is 0 Å². The van der Waals surface area contributed by atoms with Gasteiger partial charge in [0.25, 0.3) is 0 Å². The van der Waals surface area contributed by atoms with Crippen molar-refractivity contribution in [3.05, 3.63) is 23.8 Å². The molecule has 5 heteroatoms. The molecule has 0 spiro atoms. The van der Waals surface area contributed by atoms with Crippen molar-refractivity contribution >= 4 is 6.03 Å². The zero-order valence-electron chi connectivity index (χ0n) is 12.7. The van der Waals surface area contributed by atoms with Crippen LogP contribution in [0, 0.1) is 0 Å². The highest BCUT2D eigenvalue weighted by atomic mass is 16.5. The van der Waals surface area contributed by atoms with E-state index in [1.807, 2.05) is 32.0 Å². The fourth-order valence-electron chi connectivity index (χ4n) is 1.73. The highest BCUT2D eigenvalue weighted by Gasteiger charge is 2.06. The molecule has 112 valence electrons. The van der Waals surface area contributed by atoms with Crippen LogP contribution in [0.2, 0.25) is 0 Å². The van der Waals surface area contributed by atoms with Crippen LogP contribution in [0.25, 0.3) is 0 Å². The second-order valence-corrected chi connectivity index (χ2v) is 4.65. The van der Waals surface area contributed by atoms with E-state index in [0.717, 1.165) is 18.4 Å². The zero-order valence-corrected chi connectivity index (χ0v) is 12.7. The monoisotopic (exact) mass is 280 g/mol. The number of urea groups is 1. The van der Waals surface area contributed by atoms with E-state index < -0.39 is 0 Å². The maximum atomic E-state index is 11.6. The minimum Gasteiger partial charge on any atom is -0.493 e. The number of rotatable bonds is 7. The third-order valence-corrected chi connectivity index (χ3v) is 3.14. The van der Waals surface area contributed by atoms with E-state index in [2.05, 4.69) is 10.6 Å². The molecule has 1 rings (SSSR count). The molecular formula is C15H24N2O3. The van der Waals surface area contributed by atoms with Gasteiger partial charge < -0.3 is 20.1 Å². The molecule has 20 heavy (non-hydrogen) atoms. The first-order valence-corrected chi connectivity index (χ1v) is 6.86. The molecular weight excluding hydrogens is 256 g/mol. The molecule has 0 aromatic heterocycles. The van der Waals surface area contributed by atoms with Gasteiger partial charge in [-0.3, -0.25) is 0 Å². The highest BCUT2D eigenvalue weighted by molar-refractivity contribution is 5.74. The summed E-state index contributed by atoms with van der Waals surface area (Å²) in [6, 6.07) is 5.83. The van der Waals surface area contributed by atoms with Crippen molar-refractivity contribution in [2.75, 3.05) is 20.8 Å². The van der Waals surface area contributed by atoms with Gasteiger partial charge in [-0.25, -0.2) is 4.79 Å². The summed E-state index contributed by atoms with van der Waals surface area (Å²) in [5, 5.41) is 5.70. The number of ether oxygens (including phenoxy) is 2. The van der Waals surface area contributed by atoms with E-state index in [-0.39, 0.29) is 12.1 Å². The molecule has 0 unspecified atom stereocenters. The lowest BCUT2D eigenvalue weighted by molar-refractivity contribution is 0.237. The van der Waals surface area contributed by atoms with Crippen LogP contribution >= 0.6 is 0 Å². The summed E-state index contributed by atoms with van der Waals surface area (Å²) < 4.78 is 10.4. The molecule has 0 heterocycles. The van der Waals surface area contributed by atoms with Gasteiger partial charge in [0.2, 0.25) is 0 Å². The first kappa shape index (κ1) is 16.1. The van der Waals surface area contributed by atoms with Crippen LogP contribution in [0.5, 0.6) is 11.5 Å². The van der Waals surface area contributed by atoms with E-state index in [4.69, 9.17) is 9.47 Å². The number of amides is 2. The fourth-order valence-corrected chi connectivity index (χ4v) is 1.73. The van der Waals surface area contributed by atoms with Crippen LogP contribution in [0.15, 0.2) is 18.2 Å². The van der Waals surface area contributed by atoms with Gasteiger partial charge in [0.1, 0.15) is 0 Å². The summed E-state index contributed by atoms with van der Waals surface area (Å²) in [6.45, 7) is 4.60. The van der Waals surface area contributed by atoms with E-state index in [1.165, 1.54) is 0 Å². The molecule has 5 nitrogen and oxygen atoms in total. The van der Waals surface area contributed by atoms with Gasteiger partial charge in [-0.2, -0.15) is 0 Å². The van der Waals surface area contributed by atoms with Gasteiger partial charge >= 0.3 is 6.03 Å². The van der Waals surface area contributed by atoms with Gasteiger partial charge in [0.15, 0.2) is 11.5 Å². The third kappa shape index (κ3) is 4.99. The van der Waals surface area contributed by atoms with Crippen molar-refractivity contribution in [3.8, 4) is 11.5 Å². The smallest absolute Gasteiger partial charge is 0.315 e. The molecule has 0 bridgehead atoms. The quantitative estimate of drug-likeness (QED) is 0.806. The SMILES string of the molecule is CC[C@@H](C)NC(=O)NCCc1ccc(OC)c(OC)c1. The standard InChI is InChI=1S/C15H24N2O3/c1-5-11(2)17-15(18)16-9-8-12-6-7-13(19-3)14(10-12)20-4/h6-7,10-11H,5,8-9H2,1-4H3,(H2,16,17,18)/t11-/m1/s1. The Morgan fingerprint density at radius 2 is 1.95 bits per heavy atom. The zero-order chi connectivity index (χ0) is 15.0. The number of carbonyl (C=O) groups excluding carboxylic acids is 1. The molecule has 2 N–H and O–H groups in total. The normalized spacial score (nSPS) is 11.6. The first-order valence-electron chi connectivity index (χ1n) is 6.86. The average Bonchev–Trinajstić information content (AvgIpc) is 2.46. The van der Waals surface area contributed by atoms with Gasteiger partial charge in [-0.15, -0.1) is 0 Å². The van der Waals surface area contributed by atoms with E-state index in [9.17, 15) is 4.79 Å². The summed E-state index contributed by atoms with van der Waals surface area (Å²) >= 11 is 0. The Hall–Kier alpha value is -1.91. The maximum Gasteiger partial charge on any atom is 0.315 e. The van der Waals surface area contributed by atoms with Crippen LogP contribution < -0.4 is 20.1 Å². The Kier molecular flexibility index (Phi) is 6.70. The van der Waals surface area contributed by atoms with E-state index >= 15 is 0 Å². The summed E-state index contributed by atoms with van der Waals surface area (Å²) in [5.74, 6) is 1.41. The Balaban J connectivity index is 2.44. The lowest BCUT2D eigenvalue weighted by Crippen LogP contribution is -2.41. The maximum absolute atomic E-state index is 11.6. The van der Waals surface area contributed by atoms with Gasteiger partial charge in [-0.1, -0.05) is 13.0 Å². The number of methoxy groups -OCH3 is 2. The van der Waals surface area contributed by atoms with Crippen molar-refractivity contribution in [2.24, 2.45) is 0 Å². The van der Waals surface area contributed by atoms with Crippen molar-refractivity contribution in [1.29, 1.82) is 0 Å². The van der Waals surface area contributed by atoms with Crippen LogP contribution in [-0.4, -0.2) is 32.8 Å². The molecule has 1 aromatic rings. The van der Waals surface area contributed by atoms with Crippen molar-refractivity contribution in [2.45, 2.75) is 32.7 Å². The molecule has 0 aliphatic heterocycles. The van der Waals surface area contributed by atoms with Crippen LogP contribution in [0.4, 0.5) is 4.79 Å². The average molecular weight is 280 g/mol. The van der Waals surface area contributed by atoms with Crippen molar-refractivity contribution in [1.82, 2.24) is 10.6 Å². The number of nitrogens with one attached hydrogen (secondary N) is 2. The van der Waals surface area contributed by atoms with Gasteiger partial charge in [0.05, 0.1) is 14.2 Å². The lowest BCUT2D eigenvalue weighted by Gasteiger charge is -2.13. The number of benzene rings is 1. The summed E-state index contributed by atoms with van der Waals surface area (Å²) in [6.07, 6.45) is 1.66. The Morgan fingerprint density at radius 3 is 2.55 bits per heavy atom. The fraction of sp³-hybridized carbons (Fsp3) is 0.533. The molecule has 0 saturated heterocycles. The first-order chi connectivity index (χ1) is 9.60. The van der Waals surface area contributed by atoms with Crippen molar-refractivity contribution < 1.29 is 14.3 Å². The Morgan fingerprint density at radius 1 is 1.25 bits per heavy atom.